The summed E-state index contributed by atoms with van der Waals surface area (Å²) in [4.78, 5) is 20.7. The number of alkyl halides is 1. The van der Waals surface area contributed by atoms with Gasteiger partial charge in [0.1, 0.15) is 6.17 Å². The van der Waals surface area contributed by atoms with Crippen LogP contribution in [0.5, 0.6) is 0 Å². The first-order valence-corrected chi connectivity index (χ1v) is 10.6. The highest BCUT2D eigenvalue weighted by Crippen LogP contribution is 2.42. The summed E-state index contributed by atoms with van der Waals surface area (Å²) in [6.07, 6.45) is 7.26. The van der Waals surface area contributed by atoms with E-state index >= 15 is 4.39 Å². The van der Waals surface area contributed by atoms with Gasteiger partial charge in [-0.25, -0.2) is 13.8 Å². The van der Waals surface area contributed by atoms with E-state index in [-0.39, 0.29) is 17.3 Å². The molecule has 6 rings (SSSR count). The molecule has 4 aromatic heterocycles. The van der Waals surface area contributed by atoms with E-state index < -0.39 is 23.8 Å². The number of hydrogen-bond donors (Lipinski definition) is 2. The molecule has 1 fully saturated rings. The van der Waals surface area contributed by atoms with Crippen LogP contribution in [0.1, 0.15) is 6.42 Å². The molecular weight excluding hydrogens is 452 g/mol. The standard InChI is InChI=1S/C22H16ClF2N7O/c1-31-4-2-3-14(31)18-20(25)19(23)17(11-6-27-30-21(11)18)13-8-32-9-15(28-16(32)7-26-13)29-22(33)10-5-12(10)24/h2-4,6-10,12H,5H2,1H3,(H,27,30)(H,29,33). The van der Waals surface area contributed by atoms with Crippen molar-refractivity contribution in [1.82, 2.24) is 29.1 Å². The highest BCUT2D eigenvalue weighted by atomic mass is 35.5. The summed E-state index contributed by atoms with van der Waals surface area (Å²) in [5.74, 6) is -1.33. The van der Waals surface area contributed by atoms with Gasteiger partial charge in [0, 0.05) is 30.4 Å². The predicted molar refractivity (Wildman–Crippen MR) is 119 cm³/mol. The van der Waals surface area contributed by atoms with Gasteiger partial charge in [0.05, 0.1) is 52.0 Å². The Morgan fingerprint density at radius 3 is 2.85 bits per heavy atom. The van der Waals surface area contributed by atoms with Crippen molar-refractivity contribution in [2.24, 2.45) is 13.0 Å². The van der Waals surface area contributed by atoms with Crippen LogP contribution in [0.25, 0.3) is 39.1 Å². The predicted octanol–water partition coefficient (Wildman–Crippen LogP) is 4.37. The minimum absolute atomic E-state index is 0.0803. The molecule has 0 aliphatic heterocycles. The summed E-state index contributed by atoms with van der Waals surface area (Å²) in [5.41, 5.74) is 2.72. The quantitative estimate of drug-likeness (QED) is 0.410. The smallest absolute Gasteiger partial charge is 0.231 e. The van der Waals surface area contributed by atoms with Crippen LogP contribution in [0.3, 0.4) is 0 Å². The van der Waals surface area contributed by atoms with Gasteiger partial charge >= 0.3 is 0 Å². The number of aromatic nitrogens is 6. The molecule has 0 spiro atoms. The van der Waals surface area contributed by atoms with Crippen LogP contribution in [0.4, 0.5) is 14.6 Å². The van der Waals surface area contributed by atoms with Crippen LogP contribution < -0.4 is 5.32 Å². The SMILES string of the molecule is Cn1cccc1-c1c(F)c(Cl)c(-c2cn3cc(NC(=O)C4CC4F)nc3cn2)c2cn[nH]c12. The molecule has 4 heterocycles. The summed E-state index contributed by atoms with van der Waals surface area (Å²) in [5, 5.41) is 10.1. The number of fused-ring (bicyclic) bond motifs is 2. The monoisotopic (exact) mass is 467 g/mol. The number of nitrogens with zero attached hydrogens (tertiary/aromatic N) is 5. The van der Waals surface area contributed by atoms with Gasteiger partial charge in [-0.1, -0.05) is 11.6 Å². The fourth-order valence-electron chi connectivity index (χ4n) is 4.07. The van der Waals surface area contributed by atoms with E-state index in [1.54, 1.807) is 33.6 Å². The Labute approximate surface area is 190 Å². The summed E-state index contributed by atoms with van der Waals surface area (Å²) >= 11 is 6.54. The van der Waals surface area contributed by atoms with E-state index in [4.69, 9.17) is 11.6 Å². The van der Waals surface area contributed by atoms with Crippen molar-refractivity contribution in [2.75, 3.05) is 5.32 Å². The van der Waals surface area contributed by atoms with Crippen LogP contribution in [0.15, 0.2) is 43.1 Å². The Kier molecular flexibility index (Phi) is 4.28. The van der Waals surface area contributed by atoms with Crippen molar-refractivity contribution in [3.8, 4) is 22.5 Å². The second-order valence-electron chi connectivity index (χ2n) is 8.05. The molecule has 0 saturated heterocycles. The number of halogens is 3. The number of aromatic amines is 1. The molecule has 2 N–H and O–H groups in total. The molecule has 0 bridgehead atoms. The highest BCUT2D eigenvalue weighted by molar-refractivity contribution is 6.35. The summed E-state index contributed by atoms with van der Waals surface area (Å²) < 4.78 is 32.1. The van der Waals surface area contributed by atoms with Gasteiger partial charge < -0.3 is 14.3 Å². The number of carbonyl (C=O) groups excluding carboxylic acids is 1. The first-order valence-electron chi connectivity index (χ1n) is 10.2. The summed E-state index contributed by atoms with van der Waals surface area (Å²) in [6.45, 7) is 0. The lowest BCUT2D eigenvalue weighted by Crippen LogP contribution is -2.15. The third-order valence-corrected chi connectivity index (χ3v) is 6.24. The van der Waals surface area contributed by atoms with E-state index in [0.29, 0.717) is 39.1 Å². The van der Waals surface area contributed by atoms with Gasteiger partial charge in [0.25, 0.3) is 0 Å². The van der Waals surface area contributed by atoms with Crippen molar-refractivity contribution in [2.45, 2.75) is 12.6 Å². The molecule has 1 amide bonds. The number of nitrogens with one attached hydrogen (secondary N) is 2. The van der Waals surface area contributed by atoms with Crippen molar-refractivity contribution >= 4 is 39.9 Å². The molecule has 1 aliphatic carbocycles. The molecule has 33 heavy (non-hydrogen) atoms. The lowest BCUT2D eigenvalue weighted by molar-refractivity contribution is -0.117. The second-order valence-corrected chi connectivity index (χ2v) is 8.43. The molecule has 2 atom stereocenters. The van der Waals surface area contributed by atoms with Gasteiger partial charge in [-0.15, -0.1) is 0 Å². The van der Waals surface area contributed by atoms with E-state index in [2.05, 4.69) is 25.5 Å². The van der Waals surface area contributed by atoms with Crippen LogP contribution in [-0.4, -0.2) is 41.2 Å². The number of hydrogen-bond acceptors (Lipinski definition) is 4. The van der Waals surface area contributed by atoms with E-state index in [0.717, 1.165) is 0 Å². The lowest BCUT2D eigenvalue weighted by Gasteiger charge is -2.13. The molecule has 1 aromatic carbocycles. The normalized spacial score (nSPS) is 17.7. The van der Waals surface area contributed by atoms with Crippen LogP contribution >= 0.6 is 11.6 Å². The minimum atomic E-state index is -1.09. The molecule has 166 valence electrons. The fourth-order valence-corrected chi connectivity index (χ4v) is 4.36. The first-order chi connectivity index (χ1) is 15.9. The zero-order chi connectivity index (χ0) is 22.9. The molecule has 2 unspecified atom stereocenters. The molecule has 8 nitrogen and oxygen atoms in total. The van der Waals surface area contributed by atoms with Gasteiger partial charge in [-0.05, 0) is 18.6 Å². The Balaban J connectivity index is 1.46. The molecular formula is C22H16ClF2N7O. The van der Waals surface area contributed by atoms with Crippen molar-refractivity contribution < 1.29 is 13.6 Å². The molecule has 11 heteroatoms. The number of aryl methyl sites for hydroxylation is 1. The van der Waals surface area contributed by atoms with Crippen molar-refractivity contribution in [3.05, 3.63) is 54.0 Å². The topological polar surface area (TPSA) is 92.9 Å². The van der Waals surface area contributed by atoms with Gasteiger partial charge in [0.15, 0.2) is 17.3 Å². The fraction of sp³-hybridized carbons (Fsp3) is 0.182. The molecule has 1 aliphatic rings. The first kappa shape index (κ1) is 19.9. The maximum atomic E-state index is 15.6. The summed E-state index contributed by atoms with van der Waals surface area (Å²) in [7, 11) is 1.82. The third kappa shape index (κ3) is 3.09. The number of H-pyrrole nitrogens is 1. The van der Waals surface area contributed by atoms with Crippen molar-refractivity contribution in [1.29, 1.82) is 0 Å². The van der Waals surface area contributed by atoms with Gasteiger partial charge in [-0.2, -0.15) is 5.10 Å². The Morgan fingerprint density at radius 2 is 2.12 bits per heavy atom. The van der Waals surface area contributed by atoms with E-state index in [1.165, 1.54) is 6.20 Å². The van der Waals surface area contributed by atoms with Crippen LogP contribution in [-0.2, 0) is 11.8 Å². The van der Waals surface area contributed by atoms with E-state index in [9.17, 15) is 9.18 Å². The van der Waals surface area contributed by atoms with Crippen LogP contribution in [0.2, 0.25) is 5.02 Å². The zero-order valence-electron chi connectivity index (χ0n) is 17.2. The number of carbonyl (C=O) groups is 1. The molecule has 1 saturated carbocycles. The lowest BCUT2D eigenvalue weighted by atomic mass is 10.0. The Bertz CT molecular complexity index is 1570. The third-order valence-electron chi connectivity index (χ3n) is 5.89. The van der Waals surface area contributed by atoms with Crippen molar-refractivity contribution in [3.63, 3.8) is 0 Å². The molecule has 5 aromatic rings. The largest absolute Gasteiger partial charge is 0.350 e. The summed E-state index contributed by atoms with van der Waals surface area (Å²) in [6, 6.07) is 3.62. The number of rotatable bonds is 4. The number of imidazole rings is 1. The number of amides is 1. The number of benzene rings is 1. The number of anilines is 1. The molecule has 0 radical (unpaired) electrons. The Morgan fingerprint density at radius 1 is 1.30 bits per heavy atom. The zero-order valence-corrected chi connectivity index (χ0v) is 17.9. The maximum absolute atomic E-state index is 15.6. The minimum Gasteiger partial charge on any atom is -0.350 e. The average Bonchev–Trinajstić information content (AvgIpc) is 3.16. The highest BCUT2D eigenvalue weighted by Gasteiger charge is 2.43. The van der Waals surface area contributed by atoms with E-state index in [1.807, 2.05) is 19.3 Å². The second kappa shape index (κ2) is 7.11. The Hall–Kier alpha value is -3.79. The van der Waals surface area contributed by atoms with Gasteiger partial charge in [0.2, 0.25) is 5.91 Å². The average molecular weight is 468 g/mol. The maximum Gasteiger partial charge on any atom is 0.231 e. The van der Waals surface area contributed by atoms with Gasteiger partial charge in [-0.3, -0.25) is 14.9 Å². The van der Waals surface area contributed by atoms with Crippen LogP contribution in [0, 0.1) is 11.7 Å².